The van der Waals surface area contributed by atoms with Gasteiger partial charge in [-0.3, -0.25) is 15.0 Å². The van der Waals surface area contributed by atoms with E-state index in [4.69, 9.17) is 25.4 Å². The number of Topliss-reactive ketones (excluding diaryl/α,β-unsaturated/α-hetero) is 1. The second kappa shape index (κ2) is 9.14. The van der Waals surface area contributed by atoms with E-state index < -0.39 is 59.3 Å². The molecule has 0 radical (unpaired) electrons. The summed E-state index contributed by atoms with van der Waals surface area (Å²) in [4.78, 5) is 26.0. The Balaban J connectivity index is 1.68. The predicted molar refractivity (Wildman–Crippen MR) is 133 cm³/mol. The number of carbonyl (C=O) groups excluding carboxylic acids is 2. The lowest BCUT2D eigenvalue weighted by atomic mass is 9.72. The molecule has 0 spiro atoms. The van der Waals surface area contributed by atoms with Crippen molar-refractivity contribution >= 4 is 17.3 Å². The second-order valence-electron chi connectivity index (χ2n) is 10.2. The van der Waals surface area contributed by atoms with Crippen molar-refractivity contribution in [1.82, 2.24) is 0 Å². The van der Waals surface area contributed by atoms with Gasteiger partial charge in [0.15, 0.2) is 17.9 Å². The van der Waals surface area contributed by atoms with Gasteiger partial charge < -0.3 is 40.4 Å². The molecule has 0 amide bonds. The summed E-state index contributed by atoms with van der Waals surface area (Å²) in [6.07, 6.45) is -4.30. The van der Waals surface area contributed by atoms with E-state index in [9.17, 15) is 30.0 Å². The quantitative estimate of drug-likeness (QED) is 0.269. The molecular formula is C27H30N2O9. The molecule has 0 unspecified atom stereocenters. The lowest BCUT2D eigenvalue weighted by molar-refractivity contribution is -0.247. The molecule has 6 atom stereocenters. The largest absolute Gasteiger partial charge is 0.507 e. The Bertz CT molecular complexity index is 1360. The highest BCUT2D eigenvalue weighted by atomic mass is 16.7. The van der Waals surface area contributed by atoms with Gasteiger partial charge in [0.05, 0.1) is 47.8 Å². The van der Waals surface area contributed by atoms with Crippen LogP contribution in [0.4, 0.5) is 0 Å². The zero-order valence-electron chi connectivity index (χ0n) is 21.1. The Morgan fingerprint density at radius 1 is 1.21 bits per heavy atom. The lowest BCUT2D eigenvalue weighted by Crippen LogP contribution is -2.52. The van der Waals surface area contributed by atoms with Gasteiger partial charge in [-0.15, -0.1) is 0 Å². The molecule has 1 saturated heterocycles. The van der Waals surface area contributed by atoms with E-state index in [1.165, 1.54) is 20.1 Å². The van der Waals surface area contributed by atoms with Crippen LogP contribution in [0.2, 0.25) is 0 Å². The molecule has 202 valence electrons. The molecule has 2 aromatic rings. The third-order valence-corrected chi connectivity index (χ3v) is 7.84. The van der Waals surface area contributed by atoms with E-state index in [0.29, 0.717) is 0 Å². The zero-order chi connectivity index (χ0) is 27.7. The predicted octanol–water partition coefficient (Wildman–Crippen LogP) is 1.21. The summed E-state index contributed by atoms with van der Waals surface area (Å²) in [5.74, 6) is -2.01. The van der Waals surface area contributed by atoms with Gasteiger partial charge in [0.2, 0.25) is 0 Å². The number of hydrogen-bond donors (Lipinski definition) is 6. The van der Waals surface area contributed by atoms with Crippen molar-refractivity contribution in [3.05, 3.63) is 51.6 Å². The van der Waals surface area contributed by atoms with Crippen LogP contribution >= 0.6 is 0 Å². The topological polar surface area (TPSA) is 193 Å². The Morgan fingerprint density at radius 3 is 2.55 bits per heavy atom. The Hall–Kier alpha value is -3.35. The molecular weight excluding hydrogens is 496 g/mol. The number of phenols is 2. The van der Waals surface area contributed by atoms with Gasteiger partial charge in [-0.2, -0.15) is 0 Å². The Labute approximate surface area is 218 Å². The first-order valence-electron chi connectivity index (χ1n) is 12.3. The molecule has 2 aliphatic carbocycles. The van der Waals surface area contributed by atoms with E-state index in [1.807, 2.05) is 0 Å². The number of fused-ring (bicyclic) bond motifs is 3. The number of hydrogen-bond acceptors (Lipinski definition) is 11. The number of nitrogens with two attached hydrogens (primary N) is 1. The summed E-state index contributed by atoms with van der Waals surface area (Å²) in [5, 5.41) is 53.2. The number of aromatic hydroxyl groups is 2. The van der Waals surface area contributed by atoms with E-state index >= 15 is 0 Å². The number of ether oxygens (including phenoxy) is 3. The third kappa shape index (κ3) is 3.81. The van der Waals surface area contributed by atoms with Gasteiger partial charge in [-0.1, -0.05) is 12.1 Å². The maximum Gasteiger partial charge on any atom is 0.198 e. The fraction of sp³-hybridized carbons (Fsp3) is 0.444. The number of rotatable bonds is 4. The maximum absolute atomic E-state index is 13.5. The van der Waals surface area contributed by atoms with Crippen molar-refractivity contribution in [3.63, 3.8) is 0 Å². The number of benzene rings is 2. The van der Waals surface area contributed by atoms with Gasteiger partial charge in [0.25, 0.3) is 0 Å². The van der Waals surface area contributed by atoms with Crippen LogP contribution in [-0.2, 0) is 20.7 Å². The fourth-order valence-electron chi connectivity index (χ4n) is 5.70. The van der Waals surface area contributed by atoms with Crippen LogP contribution in [0.25, 0.3) is 0 Å². The average Bonchev–Trinajstić information content (AvgIpc) is 2.87. The first-order chi connectivity index (χ1) is 17.9. The first kappa shape index (κ1) is 26.3. The van der Waals surface area contributed by atoms with Crippen LogP contribution in [-0.4, -0.2) is 75.0 Å². The molecule has 0 bridgehead atoms. The standard InChI is InChI=1S/C27H30N2O9/c1-10-23(31)14(28)7-17(37-10)38-16-9-27(35,11(2)30)8-13-19(16)26(34)20-21(25(13)33)24(32)12-5-4-6-15(36-3)18(12)22(20)29/h4-6,10,14,16-17,23,29,31,33-35H,7-9,28H2,1-3H3/t10-,14-,16-,17+,23+,27+/m1/s1. The molecule has 1 fully saturated rings. The van der Waals surface area contributed by atoms with Crippen LogP contribution in [0.3, 0.4) is 0 Å². The molecule has 1 aliphatic heterocycles. The van der Waals surface area contributed by atoms with Gasteiger partial charge in [-0.05, 0) is 19.9 Å². The molecule has 1 heterocycles. The van der Waals surface area contributed by atoms with Crippen LogP contribution in [0, 0.1) is 5.41 Å². The number of ketones is 2. The minimum Gasteiger partial charge on any atom is -0.507 e. The van der Waals surface area contributed by atoms with Crippen molar-refractivity contribution in [3.8, 4) is 17.2 Å². The van der Waals surface area contributed by atoms with E-state index in [-0.39, 0.29) is 64.1 Å². The van der Waals surface area contributed by atoms with Crippen molar-refractivity contribution in [2.75, 3.05) is 7.11 Å². The maximum atomic E-state index is 13.5. The lowest BCUT2D eigenvalue weighted by Gasteiger charge is -2.42. The fourth-order valence-corrected chi connectivity index (χ4v) is 5.70. The van der Waals surface area contributed by atoms with Crippen LogP contribution < -0.4 is 10.5 Å². The van der Waals surface area contributed by atoms with Crippen molar-refractivity contribution < 1.29 is 44.2 Å². The van der Waals surface area contributed by atoms with Gasteiger partial charge in [0, 0.05) is 42.0 Å². The zero-order valence-corrected chi connectivity index (χ0v) is 21.1. The van der Waals surface area contributed by atoms with E-state index in [2.05, 4.69) is 0 Å². The summed E-state index contributed by atoms with van der Waals surface area (Å²) in [6.45, 7) is 2.82. The monoisotopic (exact) mass is 526 g/mol. The van der Waals surface area contributed by atoms with Gasteiger partial charge in [-0.25, -0.2) is 0 Å². The molecule has 2 aromatic carbocycles. The summed E-state index contributed by atoms with van der Waals surface area (Å²) >= 11 is 0. The van der Waals surface area contributed by atoms with Gasteiger partial charge >= 0.3 is 0 Å². The number of aliphatic hydroxyl groups excluding tert-OH is 1. The normalized spacial score (nSPS) is 30.3. The van der Waals surface area contributed by atoms with Gasteiger partial charge in [0.1, 0.15) is 22.8 Å². The molecule has 3 aliphatic rings. The number of nitrogens with one attached hydrogen (secondary N) is 1. The highest BCUT2D eigenvalue weighted by Crippen LogP contribution is 2.52. The number of aliphatic hydroxyl groups is 2. The number of phenolic OH excluding ortho intramolecular Hbond substituents is 2. The summed E-state index contributed by atoms with van der Waals surface area (Å²) in [7, 11) is 1.40. The van der Waals surface area contributed by atoms with Crippen LogP contribution in [0.15, 0.2) is 18.2 Å². The summed E-state index contributed by atoms with van der Waals surface area (Å²) < 4.78 is 17.2. The average molecular weight is 527 g/mol. The summed E-state index contributed by atoms with van der Waals surface area (Å²) in [6, 6.07) is 3.98. The first-order valence-corrected chi connectivity index (χ1v) is 12.3. The smallest absolute Gasteiger partial charge is 0.198 e. The van der Waals surface area contributed by atoms with E-state index in [0.717, 1.165) is 0 Å². The molecule has 5 rings (SSSR count). The van der Waals surface area contributed by atoms with Crippen molar-refractivity contribution in [2.45, 2.75) is 69.4 Å². The SMILES string of the molecule is COc1cccc2c1C(=N)c1c(O)c3c(c(O)c1C2=O)C[C@@](O)(C(C)=O)C[C@H]3O[C@H]1C[C@@H](N)[C@@H](O)[C@@H](C)O1. The van der Waals surface area contributed by atoms with Crippen LogP contribution in [0.1, 0.15) is 71.0 Å². The summed E-state index contributed by atoms with van der Waals surface area (Å²) in [5.41, 5.74) is 3.62. The molecule has 7 N–H and O–H groups in total. The van der Waals surface area contributed by atoms with Crippen molar-refractivity contribution in [2.24, 2.45) is 5.73 Å². The molecule has 0 aromatic heterocycles. The Morgan fingerprint density at radius 2 is 1.92 bits per heavy atom. The number of methoxy groups -OCH3 is 1. The molecule has 11 heteroatoms. The highest BCUT2D eigenvalue weighted by molar-refractivity contribution is 6.32. The number of carbonyl (C=O) groups is 2. The second-order valence-corrected chi connectivity index (χ2v) is 10.2. The molecule has 11 nitrogen and oxygen atoms in total. The minimum absolute atomic E-state index is 0.0316. The highest BCUT2D eigenvalue weighted by Gasteiger charge is 2.49. The third-order valence-electron chi connectivity index (χ3n) is 7.84. The van der Waals surface area contributed by atoms with Crippen molar-refractivity contribution in [1.29, 1.82) is 5.41 Å². The molecule has 38 heavy (non-hydrogen) atoms. The van der Waals surface area contributed by atoms with Crippen LogP contribution in [0.5, 0.6) is 17.2 Å². The Kier molecular flexibility index (Phi) is 6.32. The van der Waals surface area contributed by atoms with E-state index in [1.54, 1.807) is 19.1 Å². The minimum atomic E-state index is -1.97. The molecule has 0 saturated carbocycles.